The zero-order valence-corrected chi connectivity index (χ0v) is 34.0. The van der Waals surface area contributed by atoms with Crippen LogP contribution < -0.4 is 4.90 Å². The second-order valence-corrected chi connectivity index (χ2v) is 16.2. The average molecular weight is 768 g/mol. The van der Waals surface area contributed by atoms with Gasteiger partial charge < -0.3 is 4.90 Å². The molecule has 1 nitrogen and oxygen atoms in total. The van der Waals surface area contributed by atoms with Crippen LogP contribution in [0, 0.1) is 0 Å². The molecule has 0 spiro atoms. The molecule has 0 aliphatic heterocycles. The van der Waals surface area contributed by atoms with Crippen molar-refractivity contribution in [3.05, 3.63) is 247 Å². The van der Waals surface area contributed by atoms with Gasteiger partial charge in [0, 0.05) is 22.2 Å². The van der Waals surface area contributed by atoms with Gasteiger partial charge in [-0.2, -0.15) is 0 Å². The second kappa shape index (κ2) is 15.4. The third-order valence-corrected chi connectivity index (χ3v) is 12.2. The smallest absolute Gasteiger partial charge is 0.0546 e. The minimum absolute atomic E-state index is 0.212. The predicted octanol–water partition coefficient (Wildman–Crippen LogP) is 16.4. The van der Waals surface area contributed by atoms with Gasteiger partial charge in [-0.25, -0.2) is 0 Å². The predicted molar refractivity (Wildman–Crippen MR) is 258 cm³/mol. The molecule has 9 aromatic rings. The lowest BCUT2D eigenvalue weighted by atomic mass is 9.81. The molecule has 10 rings (SSSR count). The Balaban J connectivity index is 1.06. The highest BCUT2D eigenvalue weighted by Gasteiger charge is 2.36. The van der Waals surface area contributed by atoms with Gasteiger partial charge >= 0.3 is 0 Å². The normalized spacial score (nSPS) is 13.1. The highest BCUT2D eigenvalue weighted by molar-refractivity contribution is 6.14. The quantitative estimate of drug-likeness (QED) is 0.104. The first kappa shape index (κ1) is 36.8. The van der Waals surface area contributed by atoms with Crippen LogP contribution in [0.1, 0.15) is 36.1 Å². The Morgan fingerprint density at radius 3 is 1.70 bits per heavy atom. The summed E-state index contributed by atoms with van der Waals surface area (Å²) in [5.41, 5.74) is 16.8. The van der Waals surface area contributed by atoms with Gasteiger partial charge in [0.1, 0.15) is 0 Å². The van der Waals surface area contributed by atoms with E-state index in [1.54, 1.807) is 0 Å². The molecule has 60 heavy (non-hydrogen) atoms. The maximum absolute atomic E-state index is 3.97. The third-order valence-electron chi connectivity index (χ3n) is 12.2. The molecule has 0 amide bonds. The molecule has 0 bridgehead atoms. The Morgan fingerprint density at radius 2 is 1.02 bits per heavy atom. The molecule has 0 N–H and O–H groups in total. The van der Waals surface area contributed by atoms with Gasteiger partial charge in [-0.1, -0.05) is 215 Å². The number of rotatable bonds is 9. The summed E-state index contributed by atoms with van der Waals surface area (Å²) in [6.07, 6.45) is 8.35. The van der Waals surface area contributed by atoms with Crippen molar-refractivity contribution in [2.24, 2.45) is 0 Å². The van der Waals surface area contributed by atoms with E-state index in [9.17, 15) is 0 Å². The highest BCUT2D eigenvalue weighted by Crippen LogP contribution is 2.52. The minimum atomic E-state index is -0.212. The maximum Gasteiger partial charge on any atom is 0.0546 e. The van der Waals surface area contributed by atoms with Gasteiger partial charge in [0.15, 0.2) is 0 Å². The average Bonchev–Trinajstić information content (AvgIpc) is 3.53. The molecule has 0 saturated carbocycles. The van der Waals surface area contributed by atoms with Gasteiger partial charge in [0.05, 0.1) is 5.69 Å². The fourth-order valence-electron chi connectivity index (χ4n) is 9.11. The molecule has 1 aliphatic rings. The Bertz CT molecular complexity index is 3090. The van der Waals surface area contributed by atoms with Crippen LogP contribution in [0.15, 0.2) is 225 Å². The number of hydrogen-bond acceptors (Lipinski definition) is 1. The molecule has 0 fully saturated rings. The van der Waals surface area contributed by atoms with Crippen LogP contribution in [-0.4, -0.2) is 0 Å². The van der Waals surface area contributed by atoms with Gasteiger partial charge in [0.2, 0.25) is 0 Å². The van der Waals surface area contributed by atoms with E-state index in [0.717, 1.165) is 22.6 Å². The number of allylic oxidation sites excluding steroid dienone is 4. The van der Waals surface area contributed by atoms with Gasteiger partial charge in [-0.3, -0.25) is 0 Å². The van der Waals surface area contributed by atoms with E-state index in [0.29, 0.717) is 0 Å². The Morgan fingerprint density at radius 1 is 0.483 bits per heavy atom. The summed E-state index contributed by atoms with van der Waals surface area (Å²) >= 11 is 0. The van der Waals surface area contributed by atoms with Crippen molar-refractivity contribution >= 4 is 50.3 Å². The van der Waals surface area contributed by atoms with Crippen LogP contribution in [0.4, 0.5) is 17.1 Å². The van der Waals surface area contributed by atoms with E-state index >= 15 is 0 Å². The lowest BCUT2D eigenvalue weighted by Gasteiger charge is -2.29. The summed E-state index contributed by atoms with van der Waals surface area (Å²) in [4.78, 5) is 2.46. The summed E-state index contributed by atoms with van der Waals surface area (Å²) in [5, 5.41) is 4.95. The number of benzene rings is 9. The molecule has 0 aromatic heterocycles. The van der Waals surface area contributed by atoms with Crippen molar-refractivity contribution in [3.8, 4) is 33.4 Å². The first-order valence-corrected chi connectivity index (χ1v) is 20.8. The fourth-order valence-corrected chi connectivity index (χ4v) is 9.11. The largest absolute Gasteiger partial charge is 0.310 e. The minimum Gasteiger partial charge on any atom is -0.310 e. The van der Waals surface area contributed by atoms with Crippen LogP contribution in [0.5, 0.6) is 0 Å². The SMILES string of the molecule is C=C/C=C(\C=C/c1ccc2c(c1)C(C)(C)c1cc(N(c3ccc(-c4ccc(-c5ccccc5)cc4)cc3)c3cc4ccccc4c4ccccc34)ccc1-2)c1ccccc1. The van der Waals surface area contributed by atoms with E-state index in [-0.39, 0.29) is 5.41 Å². The lowest BCUT2D eigenvalue weighted by Crippen LogP contribution is -2.17. The summed E-state index contributed by atoms with van der Waals surface area (Å²) < 4.78 is 0. The van der Waals surface area contributed by atoms with Crippen molar-refractivity contribution in [2.75, 3.05) is 4.90 Å². The van der Waals surface area contributed by atoms with Crippen LogP contribution >= 0.6 is 0 Å². The monoisotopic (exact) mass is 767 g/mol. The van der Waals surface area contributed by atoms with E-state index < -0.39 is 0 Å². The summed E-state index contributed by atoms with van der Waals surface area (Å²) in [5.74, 6) is 0. The van der Waals surface area contributed by atoms with E-state index in [1.165, 1.54) is 77.2 Å². The van der Waals surface area contributed by atoms with E-state index in [4.69, 9.17) is 0 Å². The molecule has 9 aromatic carbocycles. The molecule has 0 heterocycles. The lowest BCUT2D eigenvalue weighted by molar-refractivity contribution is 0.660. The molecular weight excluding hydrogens is 723 g/mol. The first-order valence-electron chi connectivity index (χ1n) is 20.8. The summed E-state index contributed by atoms with van der Waals surface area (Å²) in [7, 11) is 0. The molecular formula is C59H45N. The Labute approximate surface area is 353 Å². The number of hydrogen-bond donors (Lipinski definition) is 0. The Kier molecular flexibility index (Phi) is 9.43. The summed E-state index contributed by atoms with van der Waals surface area (Å²) in [6.45, 7) is 8.71. The topological polar surface area (TPSA) is 3.24 Å². The first-order chi connectivity index (χ1) is 29.5. The number of fused-ring (bicyclic) bond motifs is 6. The maximum atomic E-state index is 3.97. The van der Waals surface area contributed by atoms with Crippen molar-refractivity contribution in [1.29, 1.82) is 0 Å². The van der Waals surface area contributed by atoms with Gasteiger partial charge in [-0.05, 0) is 108 Å². The second-order valence-electron chi connectivity index (χ2n) is 16.2. The summed E-state index contributed by atoms with van der Waals surface area (Å²) in [6, 6.07) is 73.0. The standard InChI is InChI=1S/C59H45N/c1-4-15-42(43-16-7-5-8-17-43)26-24-41-25-36-53-54-37-35-50(40-57(54)59(2,3)56(53)38-41)60(58-39-48-20-11-12-21-51(48)52-22-13-14-23-55(52)58)49-33-31-47(32-34-49)46-29-27-45(28-30-46)44-18-9-6-10-19-44/h4-40H,1H2,2-3H3/b26-24-,42-15+. The van der Waals surface area contributed by atoms with Crippen LogP contribution in [-0.2, 0) is 5.41 Å². The van der Waals surface area contributed by atoms with Crippen molar-refractivity contribution < 1.29 is 0 Å². The highest BCUT2D eigenvalue weighted by atomic mass is 15.1. The molecule has 286 valence electrons. The molecule has 0 radical (unpaired) electrons. The number of nitrogens with zero attached hydrogens (tertiary/aromatic N) is 1. The molecule has 1 aliphatic carbocycles. The zero-order valence-electron chi connectivity index (χ0n) is 34.0. The van der Waals surface area contributed by atoms with Crippen molar-refractivity contribution in [3.63, 3.8) is 0 Å². The van der Waals surface area contributed by atoms with E-state index in [2.05, 4.69) is 244 Å². The zero-order chi connectivity index (χ0) is 40.6. The van der Waals surface area contributed by atoms with Crippen LogP contribution in [0.2, 0.25) is 0 Å². The molecule has 0 unspecified atom stereocenters. The van der Waals surface area contributed by atoms with Crippen LogP contribution in [0.3, 0.4) is 0 Å². The third kappa shape index (κ3) is 6.65. The molecule has 0 saturated heterocycles. The molecule has 0 atom stereocenters. The van der Waals surface area contributed by atoms with Crippen molar-refractivity contribution in [2.45, 2.75) is 19.3 Å². The number of anilines is 3. The van der Waals surface area contributed by atoms with E-state index in [1.807, 2.05) is 6.08 Å². The van der Waals surface area contributed by atoms with Crippen LogP contribution in [0.25, 0.3) is 66.6 Å². The fraction of sp³-hybridized carbons (Fsp3) is 0.0508. The van der Waals surface area contributed by atoms with Crippen molar-refractivity contribution in [1.82, 2.24) is 0 Å². The van der Waals surface area contributed by atoms with Gasteiger partial charge in [-0.15, -0.1) is 0 Å². The Hall–Kier alpha value is -7.48. The molecule has 1 heteroatoms. The van der Waals surface area contributed by atoms with Gasteiger partial charge in [0.25, 0.3) is 0 Å².